The lowest BCUT2D eigenvalue weighted by Gasteiger charge is -2.09. The molecule has 0 aromatic heterocycles. The molecule has 0 heteroatoms. The van der Waals surface area contributed by atoms with Crippen LogP contribution in [0.15, 0.2) is 66.7 Å². The smallest absolute Gasteiger partial charge is 0.0148 e. The Morgan fingerprint density at radius 3 is 2.18 bits per heavy atom. The molecular weight excluding hydrogens is 204 g/mol. The Bertz CT molecular complexity index is 651. The van der Waals surface area contributed by atoms with Gasteiger partial charge in [0.15, 0.2) is 0 Å². The highest BCUT2D eigenvalue weighted by molar-refractivity contribution is 5.91. The van der Waals surface area contributed by atoms with Crippen LogP contribution < -0.4 is 0 Å². The first-order valence-electron chi connectivity index (χ1n) is 5.90. The third-order valence-electron chi connectivity index (χ3n) is 3.28. The van der Waals surface area contributed by atoms with E-state index in [1.54, 1.807) is 0 Å². The van der Waals surface area contributed by atoms with Gasteiger partial charge in [-0.2, -0.15) is 0 Å². The van der Waals surface area contributed by atoms with Gasteiger partial charge < -0.3 is 0 Å². The molecule has 3 aromatic rings. The van der Waals surface area contributed by atoms with Crippen LogP contribution in [0.1, 0.15) is 5.56 Å². The summed E-state index contributed by atoms with van der Waals surface area (Å²) in [6, 6.07) is 23.5. The van der Waals surface area contributed by atoms with Gasteiger partial charge in [-0.1, -0.05) is 66.7 Å². The lowest BCUT2D eigenvalue weighted by atomic mass is 9.95. The van der Waals surface area contributed by atoms with Gasteiger partial charge in [0, 0.05) is 0 Å². The van der Waals surface area contributed by atoms with Crippen molar-refractivity contribution >= 4 is 10.8 Å². The van der Waals surface area contributed by atoms with E-state index in [0.717, 1.165) is 0 Å². The summed E-state index contributed by atoms with van der Waals surface area (Å²) < 4.78 is 0. The van der Waals surface area contributed by atoms with Gasteiger partial charge >= 0.3 is 0 Å². The lowest BCUT2D eigenvalue weighted by molar-refractivity contribution is 1.50. The Labute approximate surface area is 102 Å². The van der Waals surface area contributed by atoms with Crippen LogP contribution in [0.5, 0.6) is 0 Å². The Hall–Kier alpha value is -2.08. The van der Waals surface area contributed by atoms with Crippen LogP contribution >= 0.6 is 0 Å². The van der Waals surface area contributed by atoms with E-state index < -0.39 is 0 Å². The maximum Gasteiger partial charge on any atom is -0.0148 e. The van der Waals surface area contributed by atoms with E-state index in [2.05, 4.69) is 73.7 Å². The van der Waals surface area contributed by atoms with Crippen molar-refractivity contribution in [3.63, 3.8) is 0 Å². The maximum absolute atomic E-state index is 2.22. The molecule has 0 heterocycles. The standard InChI is InChI=1S/C17H14/c1-13-16-10-6-5-9-15(16)11-12-17(13)14-7-3-2-4-8-14/h2-12H,1H3. The number of hydrogen-bond acceptors (Lipinski definition) is 0. The summed E-state index contributed by atoms with van der Waals surface area (Å²) in [7, 11) is 0. The molecule has 82 valence electrons. The van der Waals surface area contributed by atoms with E-state index in [1.807, 2.05) is 0 Å². The van der Waals surface area contributed by atoms with Crippen LogP contribution in [0.2, 0.25) is 0 Å². The van der Waals surface area contributed by atoms with E-state index in [4.69, 9.17) is 0 Å². The zero-order valence-electron chi connectivity index (χ0n) is 9.85. The van der Waals surface area contributed by atoms with Crippen LogP contribution in [0.25, 0.3) is 21.9 Å². The van der Waals surface area contributed by atoms with Crippen LogP contribution in [0.4, 0.5) is 0 Å². The number of hydrogen-bond donors (Lipinski definition) is 0. The van der Waals surface area contributed by atoms with Crippen molar-refractivity contribution < 1.29 is 0 Å². The number of benzene rings is 3. The fourth-order valence-electron chi connectivity index (χ4n) is 2.36. The Balaban J connectivity index is 2.29. The molecule has 0 saturated carbocycles. The molecule has 0 aliphatic heterocycles. The first-order chi connectivity index (χ1) is 8.36. The van der Waals surface area contributed by atoms with Crippen LogP contribution in [-0.4, -0.2) is 0 Å². The molecule has 0 atom stereocenters. The van der Waals surface area contributed by atoms with Crippen molar-refractivity contribution in [2.45, 2.75) is 6.92 Å². The second-order valence-electron chi connectivity index (χ2n) is 4.33. The summed E-state index contributed by atoms with van der Waals surface area (Å²) in [5.74, 6) is 0. The average molecular weight is 218 g/mol. The van der Waals surface area contributed by atoms with E-state index in [9.17, 15) is 0 Å². The number of rotatable bonds is 1. The Morgan fingerprint density at radius 2 is 1.35 bits per heavy atom. The maximum atomic E-state index is 2.22. The third-order valence-corrected chi connectivity index (χ3v) is 3.28. The van der Waals surface area contributed by atoms with Crippen molar-refractivity contribution in [1.29, 1.82) is 0 Å². The van der Waals surface area contributed by atoms with E-state index in [-0.39, 0.29) is 0 Å². The molecule has 0 spiro atoms. The predicted octanol–water partition coefficient (Wildman–Crippen LogP) is 4.82. The molecule has 0 unspecified atom stereocenters. The zero-order valence-corrected chi connectivity index (χ0v) is 9.85. The van der Waals surface area contributed by atoms with Gasteiger partial charge in [0.1, 0.15) is 0 Å². The predicted molar refractivity (Wildman–Crippen MR) is 74.1 cm³/mol. The van der Waals surface area contributed by atoms with Crippen molar-refractivity contribution in [1.82, 2.24) is 0 Å². The monoisotopic (exact) mass is 218 g/mol. The fraction of sp³-hybridized carbons (Fsp3) is 0.0588. The summed E-state index contributed by atoms with van der Waals surface area (Å²) in [5.41, 5.74) is 3.97. The minimum absolute atomic E-state index is 1.29. The summed E-state index contributed by atoms with van der Waals surface area (Å²) in [6.07, 6.45) is 0. The highest BCUT2D eigenvalue weighted by Gasteiger charge is 2.04. The Morgan fingerprint density at radius 1 is 0.647 bits per heavy atom. The third kappa shape index (κ3) is 1.72. The second-order valence-corrected chi connectivity index (χ2v) is 4.33. The van der Waals surface area contributed by atoms with Crippen LogP contribution in [-0.2, 0) is 0 Å². The van der Waals surface area contributed by atoms with Gasteiger partial charge in [-0.15, -0.1) is 0 Å². The van der Waals surface area contributed by atoms with Crippen molar-refractivity contribution in [3.8, 4) is 11.1 Å². The topological polar surface area (TPSA) is 0 Å². The fourth-order valence-corrected chi connectivity index (χ4v) is 2.36. The summed E-state index contributed by atoms with van der Waals surface area (Å²) in [4.78, 5) is 0. The molecule has 0 aliphatic rings. The molecular formula is C17H14. The largest absolute Gasteiger partial charge is 0.0622 e. The molecule has 0 radical (unpaired) electrons. The number of aryl methyl sites for hydroxylation is 1. The van der Waals surface area contributed by atoms with Crippen LogP contribution in [0, 0.1) is 6.92 Å². The SMILES string of the molecule is Cc1c(-c2ccccc2)ccc2ccccc12. The first-order valence-corrected chi connectivity index (χ1v) is 5.90. The van der Waals surface area contributed by atoms with E-state index in [0.29, 0.717) is 0 Å². The van der Waals surface area contributed by atoms with Gasteiger partial charge in [0.25, 0.3) is 0 Å². The van der Waals surface area contributed by atoms with Gasteiger partial charge in [-0.3, -0.25) is 0 Å². The molecule has 0 aliphatic carbocycles. The van der Waals surface area contributed by atoms with Crippen molar-refractivity contribution in [3.05, 3.63) is 72.3 Å². The quantitative estimate of drug-likeness (QED) is 0.549. The molecule has 0 fully saturated rings. The lowest BCUT2D eigenvalue weighted by Crippen LogP contribution is -1.85. The van der Waals surface area contributed by atoms with Gasteiger partial charge in [0.05, 0.1) is 0 Å². The van der Waals surface area contributed by atoms with Crippen molar-refractivity contribution in [2.24, 2.45) is 0 Å². The minimum atomic E-state index is 1.29. The Kier molecular flexibility index (Phi) is 2.41. The van der Waals surface area contributed by atoms with E-state index in [1.165, 1.54) is 27.5 Å². The molecule has 0 N–H and O–H groups in total. The zero-order chi connectivity index (χ0) is 11.7. The van der Waals surface area contributed by atoms with Crippen molar-refractivity contribution in [2.75, 3.05) is 0 Å². The van der Waals surface area contributed by atoms with Gasteiger partial charge in [-0.05, 0) is 34.4 Å². The number of fused-ring (bicyclic) bond motifs is 1. The molecule has 0 bridgehead atoms. The molecule has 17 heavy (non-hydrogen) atoms. The van der Waals surface area contributed by atoms with Gasteiger partial charge in [-0.25, -0.2) is 0 Å². The average Bonchev–Trinajstić information content (AvgIpc) is 2.40. The molecule has 3 rings (SSSR count). The van der Waals surface area contributed by atoms with E-state index >= 15 is 0 Å². The van der Waals surface area contributed by atoms with Crippen LogP contribution in [0.3, 0.4) is 0 Å². The molecule has 3 aromatic carbocycles. The molecule has 0 nitrogen and oxygen atoms in total. The normalized spacial score (nSPS) is 10.6. The highest BCUT2D eigenvalue weighted by atomic mass is 14.1. The second kappa shape index (κ2) is 4.06. The highest BCUT2D eigenvalue weighted by Crippen LogP contribution is 2.29. The van der Waals surface area contributed by atoms with Gasteiger partial charge in [0.2, 0.25) is 0 Å². The summed E-state index contributed by atoms with van der Waals surface area (Å²) >= 11 is 0. The summed E-state index contributed by atoms with van der Waals surface area (Å²) in [6.45, 7) is 2.20. The minimum Gasteiger partial charge on any atom is -0.0622 e. The molecule has 0 saturated heterocycles. The first kappa shape index (κ1) is 10.1. The summed E-state index contributed by atoms with van der Waals surface area (Å²) in [5, 5.41) is 2.65. The molecule has 0 amide bonds.